The minimum absolute atomic E-state index is 0.0731. The molecule has 3 rings (SSSR count). The van der Waals surface area contributed by atoms with E-state index in [-0.39, 0.29) is 23.6 Å². The van der Waals surface area contributed by atoms with Crippen LogP contribution in [-0.4, -0.2) is 16.9 Å². The smallest absolute Gasteiger partial charge is 0.251 e. The maximum absolute atomic E-state index is 13.5. The van der Waals surface area contributed by atoms with Crippen molar-refractivity contribution in [2.75, 3.05) is 0 Å². The van der Waals surface area contributed by atoms with Crippen LogP contribution >= 0.6 is 0 Å². The largest absolute Gasteiger partial charge is 0.436 e. The van der Waals surface area contributed by atoms with E-state index in [1.165, 1.54) is 18.3 Å². The predicted octanol–water partition coefficient (Wildman–Crippen LogP) is 3.04. The number of carbonyl (C=O) groups is 1. The van der Waals surface area contributed by atoms with E-state index in [9.17, 15) is 13.6 Å². The Hall–Kier alpha value is -2.50. The lowest BCUT2D eigenvalue weighted by Gasteiger charge is -2.07. The van der Waals surface area contributed by atoms with Crippen LogP contribution in [0.15, 0.2) is 36.5 Å². The Labute approximate surface area is 119 Å². The molecule has 2 aromatic rings. The molecule has 0 aliphatic heterocycles. The fourth-order valence-corrected chi connectivity index (χ4v) is 1.77. The van der Waals surface area contributed by atoms with E-state index in [1.807, 2.05) is 0 Å². The average molecular weight is 290 g/mol. The molecule has 1 aliphatic rings. The lowest BCUT2D eigenvalue weighted by atomic mass is 10.2. The van der Waals surface area contributed by atoms with Gasteiger partial charge in [-0.25, -0.2) is 13.8 Å². The molecule has 0 spiro atoms. The summed E-state index contributed by atoms with van der Waals surface area (Å²) in [6.07, 6.45) is 3.38. The highest BCUT2D eigenvalue weighted by molar-refractivity contribution is 5.94. The summed E-state index contributed by atoms with van der Waals surface area (Å²) in [4.78, 5) is 15.8. The molecule has 0 unspecified atom stereocenters. The molecule has 1 fully saturated rings. The van der Waals surface area contributed by atoms with Gasteiger partial charge >= 0.3 is 0 Å². The molecular formula is C15H12F2N2O2. The summed E-state index contributed by atoms with van der Waals surface area (Å²) in [5, 5.41) is 2.83. The van der Waals surface area contributed by atoms with Gasteiger partial charge in [-0.15, -0.1) is 0 Å². The maximum Gasteiger partial charge on any atom is 0.251 e. The van der Waals surface area contributed by atoms with Gasteiger partial charge in [0.1, 0.15) is 5.82 Å². The number of halogens is 2. The minimum Gasteiger partial charge on any atom is -0.436 e. The normalized spacial score (nSPS) is 13.8. The van der Waals surface area contributed by atoms with Crippen molar-refractivity contribution in [3.05, 3.63) is 53.7 Å². The molecule has 0 atom stereocenters. The van der Waals surface area contributed by atoms with Crippen molar-refractivity contribution in [2.24, 2.45) is 0 Å². The van der Waals surface area contributed by atoms with Crippen molar-refractivity contribution in [3.8, 4) is 11.6 Å². The Morgan fingerprint density at radius 1 is 1.24 bits per heavy atom. The zero-order chi connectivity index (χ0) is 14.8. The number of nitrogens with zero attached hydrogens (tertiary/aromatic N) is 1. The molecule has 4 nitrogen and oxygen atoms in total. The Balaban J connectivity index is 1.77. The zero-order valence-electron chi connectivity index (χ0n) is 11.0. The van der Waals surface area contributed by atoms with Crippen molar-refractivity contribution in [1.29, 1.82) is 0 Å². The number of carbonyl (C=O) groups excluding carboxylic acids is 1. The Morgan fingerprint density at radius 2 is 2.05 bits per heavy atom. The van der Waals surface area contributed by atoms with Gasteiger partial charge < -0.3 is 10.1 Å². The standard InChI is InChI=1S/C15H12F2N2O2/c16-10-1-4-13(12(17)8-10)21-14-7-9(5-6-18-14)15(20)19-11-2-3-11/h1,4-8,11H,2-3H2,(H,19,20). The zero-order valence-corrected chi connectivity index (χ0v) is 11.0. The number of hydrogen-bond acceptors (Lipinski definition) is 3. The molecule has 1 aromatic carbocycles. The van der Waals surface area contributed by atoms with E-state index in [2.05, 4.69) is 10.3 Å². The van der Waals surface area contributed by atoms with Gasteiger partial charge in [-0.1, -0.05) is 0 Å². The highest BCUT2D eigenvalue weighted by atomic mass is 19.1. The van der Waals surface area contributed by atoms with Crippen LogP contribution in [0.4, 0.5) is 8.78 Å². The quantitative estimate of drug-likeness (QED) is 0.941. The molecule has 0 radical (unpaired) electrons. The fourth-order valence-electron chi connectivity index (χ4n) is 1.77. The molecule has 0 saturated heterocycles. The van der Waals surface area contributed by atoms with Gasteiger partial charge in [0.25, 0.3) is 5.91 Å². The number of hydrogen-bond donors (Lipinski definition) is 1. The molecule has 1 amide bonds. The van der Waals surface area contributed by atoms with Crippen molar-refractivity contribution >= 4 is 5.91 Å². The van der Waals surface area contributed by atoms with Crippen LogP contribution in [0.1, 0.15) is 23.2 Å². The number of aromatic nitrogens is 1. The third-order valence-corrected chi connectivity index (χ3v) is 3.02. The fraction of sp³-hybridized carbons (Fsp3) is 0.200. The van der Waals surface area contributed by atoms with Gasteiger partial charge in [-0.05, 0) is 31.0 Å². The Morgan fingerprint density at radius 3 is 2.76 bits per heavy atom. The molecule has 6 heteroatoms. The third kappa shape index (κ3) is 3.34. The van der Waals surface area contributed by atoms with Crippen LogP contribution in [0.5, 0.6) is 11.6 Å². The van der Waals surface area contributed by atoms with Crippen molar-refractivity contribution in [3.63, 3.8) is 0 Å². The van der Waals surface area contributed by atoms with Gasteiger partial charge in [0.2, 0.25) is 5.88 Å². The summed E-state index contributed by atoms with van der Waals surface area (Å²) in [5.41, 5.74) is 0.384. The SMILES string of the molecule is O=C(NC1CC1)c1ccnc(Oc2ccc(F)cc2F)c1. The highest BCUT2D eigenvalue weighted by Gasteiger charge is 2.24. The first-order chi connectivity index (χ1) is 10.1. The van der Waals surface area contributed by atoms with Crippen molar-refractivity contribution < 1.29 is 18.3 Å². The van der Waals surface area contributed by atoms with E-state index < -0.39 is 11.6 Å². The molecule has 108 valence electrons. The number of pyridine rings is 1. The number of rotatable bonds is 4. The van der Waals surface area contributed by atoms with E-state index in [4.69, 9.17) is 4.74 Å². The number of ether oxygens (including phenoxy) is 1. The van der Waals surface area contributed by atoms with Crippen LogP contribution in [0.3, 0.4) is 0 Å². The minimum atomic E-state index is -0.829. The lowest BCUT2D eigenvalue weighted by Crippen LogP contribution is -2.25. The first-order valence-electron chi connectivity index (χ1n) is 6.51. The number of amides is 1. The number of nitrogens with one attached hydrogen (secondary N) is 1. The van der Waals surface area contributed by atoms with Crippen molar-refractivity contribution in [1.82, 2.24) is 10.3 Å². The summed E-state index contributed by atoms with van der Waals surface area (Å²) in [5.74, 6) is -1.81. The molecule has 1 saturated carbocycles. The second-order valence-electron chi connectivity index (χ2n) is 4.81. The highest BCUT2D eigenvalue weighted by Crippen LogP contribution is 2.24. The van der Waals surface area contributed by atoms with Gasteiger partial charge in [-0.3, -0.25) is 4.79 Å². The summed E-state index contributed by atoms with van der Waals surface area (Å²) >= 11 is 0. The summed E-state index contributed by atoms with van der Waals surface area (Å²) in [7, 11) is 0. The van der Waals surface area contributed by atoms with Gasteiger partial charge in [0.15, 0.2) is 11.6 Å². The summed E-state index contributed by atoms with van der Waals surface area (Å²) < 4.78 is 31.6. The van der Waals surface area contributed by atoms with Gasteiger partial charge in [0, 0.05) is 29.9 Å². The molecular weight excluding hydrogens is 278 g/mol. The van der Waals surface area contributed by atoms with Crippen LogP contribution in [-0.2, 0) is 0 Å². The molecule has 1 N–H and O–H groups in total. The summed E-state index contributed by atoms with van der Waals surface area (Å²) in [6.45, 7) is 0. The molecule has 1 aromatic heterocycles. The average Bonchev–Trinajstić information content (AvgIpc) is 3.26. The van der Waals surface area contributed by atoms with E-state index in [0.29, 0.717) is 5.56 Å². The second kappa shape index (κ2) is 5.47. The van der Waals surface area contributed by atoms with E-state index >= 15 is 0 Å². The molecule has 21 heavy (non-hydrogen) atoms. The van der Waals surface area contributed by atoms with E-state index in [1.54, 1.807) is 6.07 Å². The third-order valence-electron chi connectivity index (χ3n) is 3.02. The van der Waals surface area contributed by atoms with Crippen LogP contribution in [0.2, 0.25) is 0 Å². The van der Waals surface area contributed by atoms with Crippen LogP contribution in [0, 0.1) is 11.6 Å². The Bertz CT molecular complexity index is 687. The number of benzene rings is 1. The molecule has 1 heterocycles. The molecule has 1 aliphatic carbocycles. The van der Waals surface area contributed by atoms with E-state index in [0.717, 1.165) is 25.0 Å². The first kappa shape index (κ1) is 13.5. The maximum atomic E-state index is 13.5. The van der Waals surface area contributed by atoms with Gasteiger partial charge in [-0.2, -0.15) is 0 Å². The summed E-state index contributed by atoms with van der Waals surface area (Å²) in [6, 6.07) is 6.18. The van der Waals surface area contributed by atoms with Crippen LogP contribution in [0.25, 0.3) is 0 Å². The first-order valence-corrected chi connectivity index (χ1v) is 6.51. The van der Waals surface area contributed by atoms with Crippen LogP contribution < -0.4 is 10.1 Å². The second-order valence-corrected chi connectivity index (χ2v) is 4.81. The lowest BCUT2D eigenvalue weighted by molar-refractivity contribution is 0.0950. The molecule has 0 bridgehead atoms. The topological polar surface area (TPSA) is 51.2 Å². The predicted molar refractivity (Wildman–Crippen MR) is 71.2 cm³/mol. The van der Waals surface area contributed by atoms with Crippen molar-refractivity contribution in [2.45, 2.75) is 18.9 Å². The monoisotopic (exact) mass is 290 g/mol. The Kier molecular flexibility index (Phi) is 3.51. The van der Waals surface area contributed by atoms with Gasteiger partial charge in [0.05, 0.1) is 0 Å².